The number of hydrogen-bond acceptors (Lipinski definition) is 4. The minimum Gasteiger partial charge on any atom is -0.380 e. The van der Waals surface area contributed by atoms with Gasteiger partial charge < -0.3 is 10.1 Å². The zero-order valence-electron chi connectivity index (χ0n) is 12.3. The molecule has 0 amide bonds. The van der Waals surface area contributed by atoms with E-state index >= 15 is 0 Å². The summed E-state index contributed by atoms with van der Waals surface area (Å²) in [7, 11) is -3.38. The molecule has 0 bridgehead atoms. The third-order valence-corrected chi connectivity index (χ3v) is 4.17. The van der Waals surface area contributed by atoms with Crippen LogP contribution in [0.5, 0.6) is 0 Å². The van der Waals surface area contributed by atoms with Crippen molar-refractivity contribution in [2.75, 3.05) is 25.1 Å². The van der Waals surface area contributed by atoms with E-state index in [0.29, 0.717) is 19.8 Å². The van der Waals surface area contributed by atoms with E-state index in [9.17, 15) is 8.42 Å². The van der Waals surface area contributed by atoms with Crippen LogP contribution >= 0.6 is 0 Å². The largest absolute Gasteiger partial charge is 0.380 e. The molecule has 0 radical (unpaired) electrons. The minimum absolute atomic E-state index is 0.177. The van der Waals surface area contributed by atoms with Gasteiger partial charge >= 0.3 is 0 Å². The Hall–Kier alpha value is -1.11. The predicted octanol–water partition coefficient (Wildman–Crippen LogP) is 2.21. The predicted molar refractivity (Wildman–Crippen MR) is 81.5 cm³/mol. The summed E-state index contributed by atoms with van der Waals surface area (Å²) in [6.07, 6.45) is 0.772. The molecule has 1 rings (SSSR count). The normalized spacial score (nSPS) is 13.2. The van der Waals surface area contributed by atoms with E-state index in [2.05, 4.69) is 10.0 Å². The summed E-state index contributed by atoms with van der Waals surface area (Å²) in [5, 5.41) is 3.26. The maximum absolute atomic E-state index is 11.9. The fourth-order valence-electron chi connectivity index (χ4n) is 1.67. The SMILES string of the molecule is CCCNS(=O)(=O)c1ccc(NC(C)COCC)cc1. The van der Waals surface area contributed by atoms with E-state index in [0.717, 1.165) is 12.1 Å². The summed E-state index contributed by atoms with van der Waals surface area (Å²) in [6.45, 7) is 7.66. The molecule has 0 fully saturated rings. The molecule has 6 heteroatoms. The smallest absolute Gasteiger partial charge is 0.240 e. The highest BCUT2D eigenvalue weighted by Crippen LogP contribution is 2.14. The Balaban J connectivity index is 2.64. The molecular weight excluding hydrogens is 276 g/mol. The minimum atomic E-state index is -3.38. The number of nitrogens with one attached hydrogen (secondary N) is 2. The van der Waals surface area contributed by atoms with E-state index in [1.165, 1.54) is 0 Å². The van der Waals surface area contributed by atoms with Crippen molar-refractivity contribution in [3.05, 3.63) is 24.3 Å². The van der Waals surface area contributed by atoms with Crippen LogP contribution in [0, 0.1) is 0 Å². The van der Waals surface area contributed by atoms with Crippen molar-refractivity contribution in [1.29, 1.82) is 0 Å². The van der Waals surface area contributed by atoms with Crippen LogP contribution in [0.4, 0.5) is 5.69 Å². The summed E-state index contributed by atoms with van der Waals surface area (Å²) >= 11 is 0. The summed E-state index contributed by atoms with van der Waals surface area (Å²) in [5.41, 5.74) is 0.881. The summed E-state index contributed by atoms with van der Waals surface area (Å²) < 4.78 is 31.7. The van der Waals surface area contributed by atoms with Crippen LogP contribution in [-0.2, 0) is 14.8 Å². The molecule has 0 aromatic heterocycles. The fourth-order valence-corrected chi connectivity index (χ4v) is 2.80. The topological polar surface area (TPSA) is 67.4 Å². The molecule has 0 saturated carbocycles. The second kappa shape index (κ2) is 8.24. The number of rotatable bonds is 9. The van der Waals surface area contributed by atoms with Crippen molar-refractivity contribution in [3.8, 4) is 0 Å². The first-order chi connectivity index (χ1) is 9.49. The van der Waals surface area contributed by atoms with Crippen LogP contribution in [0.3, 0.4) is 0 Å². The Kier molecular flexibility index (Phi) is 6.98. The third kappa shape index (κ3) is 5.48. The standard InChI is InChI=1S/C14H24N2O3S/c1-4-10-15-20(17,18)14-8-6-13(7-9-14)16-12(3)11-19-5-2/h6-9,12,15-16H,4-5,10-11H2,1-3H3. The molecule has 0 spiro atoms. The quantitative estimate of drug-likeness (QED) is 0.734. The van der Waals surface area contributed by atoms with Gasteiger partial charge in [-0.25, -0.2) is 13.1 Å². The van der Waals surface area contributed by atoms with E-state index in [4.69, 9.17) is 4.74 Å². The van der Waals surface area contributed by atoms with Crippen molar-refractivity contribution >= 4 is 15.7 Å². The number of sulfonamides is 1. The van der Waals surface area contributed by atoms with E-state index < -0.39 is 10.0 Å². The highest BCUT2D eigenvalue weighted by molar-refractivity contribution is 7.89. The molecule has 5 nitrogen and oxygen atoms in total. The van der Waals surface area contributed by atoms with Gasteiger partial charge in [-0.05, 0) is 44.5 Å². The first-order valence-electron chi connectivity index (χ1n) is 6.93. The lowest BCUT2D eigenvalue weighted by Crippen LogP contribution is -2.24. The lowest BCUT2D eigenvalue weighted by molar-refractivity contribution is 0.141. The lowest BCUT2D eigenvalue weighted by atomic mass is 10.3. The lowest BCUT2D eigenvalue weighted by Gasteiger charge is -2.15. The van der Waals surface area contributed by atoms with Gasteiger partial charge in [0.2, 0.25) is 10.0 Å². The van der Waals surface area contributed by atoms with Crippen LogP contribution in [0.25, 0.3) is 0 Å². The monoisotopic (exact) mass is 300 g/mol. The Morgan fingerprint density at radius 1 is 1.20 bits per heavy atom. The molecule has 1 aromatic carbocycles. The van der Waals surface area contributed by atoms with Gasteiger partial charge in [-0.15, -0.1) is 0 Å². The Bertz CT molecular complexity index is 486. The zero-order chi connectivity index (χ0) is 15.0. The average Bonchev–Trinajstić information content (AvgIpc) is 2.43. The molecule has 1 atom stereocenters. The third-order valence-electron chi connectivity index (χ3n) is 2.69. The van der Waals surface area contributed by atoms with E-state index in [1.807, 2.05) is 20.8 Å². The molecule has 0 aliphatic carbocycles. The highest BCUT2D eigenvalue weighted by Gasteiger charge is 2.12. The molecule has 1 aromatic rings. The zero-order valence-corrected chi connectivity index (χ0v) is 13.2. The van der Waals surface area contributed by atoms with Gasteiger partial charge in [0, 0.05) is 24.9 Å². The fraction of sp³-hybridized carbons (Fsp3) is 0.571. The van der Waals surface area contributed by atoms with Crippen molar-refractivity contribution in [2.24, 2.45) is 0 Å². The average molecular weight is 300 g/mol. The number of anilines is 1. The molecule has 0 saturated heterocycles. The van der Waals surface area contributed by atoms with Gasteiger partial charge in [0.05, 0.1) is 11.5 Å². The van der Waals surface area contributed by atoms with Gasteiger partial charge in [0.1, 0.15) is 0 Å². The summed E-state index contributed by atoms with van der Waals surface area (Å²) in [4.78, 5) is 0.286. The molecule has 20 heavy (non-hydrogen) atoms. The highest BCUT2D eigenvalue weighted by atomic mass is 32.2. The maximum Gasteiger partial charge on any atom is 0.240 e. The molecule has 0 aliphatic heterocycles. The van der Waals surface area contributed by atoms with E-state index in [-0.39, 0.29) is 10.9 Å². The van der Waals surface area contributed by atoms with Gasteiger partial charge in [-0.2, -0.15) is 0 Å². The van der Waals surface area contributed by atoms with Crippen molar-refractivity contribution in [1.82, 2.24) is 4.72 Å². The molecule has 0 heterocycles. The van der Waals surface area contributed by atoms with Crippen molar-refractivity contribution < 1.29 is 13.2 Å². The first-order valence-corrected chi connectivity index (χ1v) is 8.42. The second-order valence-electron chi connectivity index (χ2n) is 4.63. The van der Waals surface area contributed by atoms with Crippen molar-refractivity contribution in [3.63, 3.8) is 0 Å². The first kappa shape index (κ1) is 16.9. The Labute approximate surface area is 121 Å². The number of hydrogen-bond donors (Lipinski definition) is 2. The molecule has 114 valence electrons. The summed E-state index contributed by atoms with van der Waals surface area (Å²) in [5.74, 6) is 0. The second-order valence-corrected chi connectivity index (χ2v) is 6.39. The molecule has 2 N–H and O–H groups in total. The molecular formula is C14H24N2O3S. The van der Waals surface area contributed by atoms with Crippen LogP contribution in [0.1, 0.15) is 27.2 Å². The number of ether oxygens (including phenoxy) is 1. The van der Waals surface area contributed by atoms with Gasteiger partial charge in [-0.3, -0.25) is 0 Å². The molecule has 0 aliphatic rings. The van der Waals surface area contributed by atoms with Gasteiger partial charge in [0.25, 0.3) is 0 Å². The van der Waals surface area contributed by atoms with Crippen LogP contribution < -0.4 is 10.0 Å². The number of benzene rings is 1. The van der Waals surface area contributed by atoms with Gasteiger partial charge in [-0.1, -0.05) is 6.92 Å². The van der Waals surface area contributed by atoms with Crippen LogP contribution in [0.2, 0.25) is 0 Å². The Morgan fingerprint density at radius 3 is 2.40 bits per heavy atom. The van der Waals surface area contributed by atoms with Crippen LogP contribution in [-0.4, -0.2) is 34.2 Å². The Morgan fingerprint density at radius 2 is 1.85 bits per heavy atom. The summed E-state index contributed by atoms with van der Waals surface area (Å²) in [6, 6.07) is 6.92. The maximum atomic E-state index is 11.9. The molecule has 1 unspecified atom stereocenters. The van der Waals surface area contributed by atoms with Crippen LogP contribution in [0.15, 0.2) is 29.2 Å². The van der Waals surface area contributed by atoms with Gasteiger partial charge in [0.15, 0.2) is 0 Å². The van der Waals surface area contributed by atoms with Crippen molar-refractivity contribution in [2.45, 2.75) is 38.1 Å². The van der Waals surface area contributed by atoms with E-state index in [1.54, 1.807) is 24.3 Å².